The molecule has 0 aliphatic heterocycles. The maximum Gasteiger partial charge on any atom is 0.472 e. The van der Waals surface area contributed by atoms with Crippen LogP contribution in [0.15, 0.2) is 85.1 Å². The summed E-state index contributed by atoms with van der Waals surface area (Å²) < 4.78 is 34.8. The van der Waals surface area contributed by atoms with Gasteiger partial charge in [0.25, 0.3) is 0 Å². The monoisotopic (exact) mass is 1280 g/mol. The molecule has 0 saturated carbocycles. The molecule has 524 valence electrons. The molecule has 0 aliphatic carbocycles. The molecule has 0 radical (unpaired) electrons. The molecule has 90 heavy (non-hydrogen) atoms. The Hall–Kier alpha value is -2.81. The molecule has 0 amide bonds. The van der Waals surface area contributed by atoms with E-state index >= 15 is 0 Å². The van der Waals surface area contributed by atoms with Crippen LogP contribution in [0.2, 0.25) is 0 Å². The Morgan fingerprint density at radius 1 is 0.356 bits per heavy atom. The van der Waals surface area contributed by atoms with Gasteiger partial charge in [0.2, 0.25) is 0 Å². The van der Waals surface area contributed by atoms with Gasteiger partial charge < -0.3 is 18.9 Å². The molecular formula is C80H147NO8P+. The van der Waals surface area contributed by atoms with Gasteiger partial charge in [-0.3, -0.25) is 18.6 Å². The molecule has 0 aromatic carbocycles. The summed E-state index contributed by atoms with van der Waals surface area (Å²) in [5.74, 6) is -0.779. The van der Waals surface area contributed by atoms with Crippen molar-refractivity contribution in [2.75, 3.05) is 47.5 Å². The second-order valence-corrected chi connectivity index (χ2v) is 28.5. The molecule has 9 nitrogen and oxygen atoms in total. The van der Waals surface area contributed by atoms with E-state index in [1.54, 1.807) is 0 Å². The normalized spacial score (nSPS) is 13.5. The van der Waals surface area contributed by atoms with Crippen LogP contribution in [0.3, 0.4) is 0 Å². The van der Waals surface area contributed by atoms with E-state index in [1.807, 2.05) is 21.1 Å². The zero-order valence-electron chi connectivity index (χ0n) is 59.9. The van der Waals surface area contributed by atoms with Crippen LogP contribution >= 0.6 is 7.82 Å². The van der Waals surface area contributed by atoms with E-state index in [4.69, 9.17) is 18.5 Å². The largest absolute Gasteiger partial charge is 0.472 e. The van der Waals surface area contributed by atoms with E-state index in [9.17, 15) is 19.0 Å². The van der Waals surface area contributed by atoms with Crippen molar-refractivity contribution >= 4 is 19.8 Å². The molecule has 0 spiro atoms. The lowest BCUT2D eigenvalue weighted by atomic mass is 10.0. The van der Waals surface area contributed by atoms with E-state index in [0.29, 0.717) is 23.9 Å². The quantitative estimate of drug-likeness (QED) is 0.0211. The van der Waals surface area contributed by atoms with Crippen molar-refractivity contribution in [1.82, 2.24) is 0 Å². The van der Waals surface area contributed by atoms with Gasteiger partial charge in [0.1, 0.15) is 19.8 Å². The predicted molar refractivity (Wildman–Crippen MR) is 390 cm³/mol. The summed E-state index contributed by atoms with van der Waals surface area (Å²) in [6.07, 6.45) is 97.1. The van der Waals surface area contributed by atoms with Gasteiger partial charge in [-0.2, -0.15) is 0 Å². The summed E-state index contributed by atoms with van der Waals surface area (Å²) in [6.45, 7) is 4.38. The number of unbranched alkanes of at least 4 members (excludes halogenated alkanes) is 43. The van der Waals surface area contributed by atoms with Crippen molar-refractivity contribution in [2.45, 2.75) is 367 Å². The Morgan fingerprint density at radius 2 is 0.633 bits per heavy atom. The van der Waals surface area contributed by atoms with Crippen molar-refractivity contribution in [3.63, 3.8) is 0 Å². The fourth-order valence-corrected chi connectivity index (χ4v) is 11.9. The Balaban J connectivity index is 3.96. The summed E-state index contributed by atoms with van der Waals surface area (Å²) in [5.41, 5.74) is 0. The summed E-state index contributed by atoms with van der Waals surface area (Å²) in [6, 6.07) is 0. The number of esters is 2. The van der Waals surface area contributed by atoms with Crippen LogP contribution in [-0.4, -0.2) is 74.9 Å². The number of carbonyl (C=O) groups is 2. The molecule has 0 aromatic rings. The van der Waals surface area contributed by atoms with Gasteiger partial charge in [-0.05, 0) is 70.6 Å². The summed E-state index contributed by atoms with van der Waals surface area (Å²) >= 11 is 0. The summed E-state index contributed by atoms with van der Waals surface area (Å²) in [4.78, 5) is 35.9. The second kappa shape index (κ2) is 70.5. The van der Waals surface area contributed by atoms with E-state index < -0.39 is 26.5 Å². The first-order valence-electron chi connectivity index (χ1n) is 38.3. The van der Waals surface area contributed by atoms with Crippen molar-refractivity contribution < 1.29 is 42.1 Å². The smallest absolute Gasteiger partial charge is 0.462 e. The Labute approximate surface area is 558 Å². The minimum absolute atomic E-state index is 0.0325. The first kappa shape index (κ1) is 87.2. The zero-order valence-corrected chi connectivity index (χ0v) is 60.8. The van der Waals surface area contributed by atoms with Crippen molar-refractivity contribution in [1.29, 1.82) is 0 Å². The molecule has 0 aliphatic rings. The number of nitrogens with zero attached hydrogens (tertiary/aromatic N) is 1. The van der Waals surface area contributed by atoms with Crippen LogP contribution in [0.1, 0.15) is 361 Å². The minimum atomic E-state index is -4.39. The van der Waals surface area contributed by atoms with Crippen molar-refractivity contribution in [3.05, 3.63) is 85.1 Å². The number of carbonyl (C=O) groups excluding carboxylic acids is 2. The van der Waals surface area contributed by atoms with Gasteiger partial charge in [-0.1, -0.05) is 362 Å². The molecule has 1 N–H and O–H groups in total. The van der Waals surface area contributed by atoms with Crippen molar-refractivity contribution in [3.8, 4) is 0 Å². The second-order valence-electron chi connectivity index (χ2n) is 27.0. The fraction of sp³-hybridized carbons (Fsp3) is 0.800. The zero-order chi connectivity index (χ0) is 65.5. The summed E-state index contributed by atoms with van der Waals surface area (Å²) in [5, 5.41) is 0. The molecule has 0 bridgehead atoms. The molecule has 0 rings (SSSR count). The lowest BCUT2D eigenvalue weighted by molar-refractivity contribution is -0.870. The van der Waals surface area contributed by atoms with E-state index in [2.05, 4.69) is 98.9 Å². The number of ether oxygens (including phenoxy) is 2. The number of hydrogen-bond donors (Lipinski definition) is 1. The predicted octanol–water partition coefficient (Wildman–Crippen LogP) is 25.3. The maximum absolute atomic E-state index is 12.9. The highest BCUT2D eigenvalue weighted by molar-refractivity contribution is 7.47. The van der Waals surface area contributed by atoms with Crippen LogP contribution in [0.4, 0.5) is 0 Å². The lowest BCUT2D eigenvalue weighted by Crippen LogP contribution is -2.37. The van der Waals surface area contributed by atoms with Gasteiger partial charge in [-0.25, -0.2) is 4.57 Å². The minimum Gasteiger partial charge on any atom is -0.462 e. The lowest BCUT2D eigenvalue weighted by Gasteiger charge is -2.24. The average Bonchev–Trinajstić information content (AvgIpc) is 3.58. The molecule has 0 heterocycles. The standard InChI is InChI=1S/C80H146NO8P/c1-6-8-10-12-14-16-18-20-22-24-26-28-30-32-34-35-36-37-38-39-40-41-42-43-44-45-47-49-51-53-55-57-59-61-63-65-67-69-71-73-80(83)89-78(77-88-90(84,85)87-75-74-81(3,4)5)76-86-79(82)72-70-68-66-64-62-60-58-56-54-52-50-48-46-33-31-29-27-25-23-21-19-17-15-13-11-9-7-2/h8,10,14,16,20,22,26,28,32,34,36-37,39-40,78H,6-7,9,11-13,15,17-19,21,23-25,27,29-31,33,35,38,41-77H2,1-5H3/p+1/b10-8-,16-14-,22-20-,28-26-,34-32-,37-36-,40-39-. The van der Waals surface area contributed by atoms with E-state index in [0.717, 1.165) is 77.0 Å². The first-order chi connectivity index (χ1) is 44.0. The molecule has 0 saturated heterocycles. The van der Waals surface area contributed by atoms with Crippen LogP contribution in [0.25, 0.3) is 0 Å². The molecule has 2 atom stereocenters. The number of rotatable bonds is 71. The number of phosphoric ester groups is 1. The van der Waals surface area contributed by atoms with Crippen LogP contribution in [0.5, 0.6) is 0 Å². The maximum atomic E-state index is 12.9. The Kier molecular flexibility index (Phi) is 68.3. The number of likely N-dealkylation sites (N-methyl/N-ethyl adjacent to an activating group) is 1. The van der Waals surface area contributed by atoms with Gasteiger partial charge in [0, 0.05) is 12.8 Å². The third-order valence-corrected chi connectivity index (χ3v) is 17.9. The topological polar surface area (TPSA) is 108 Å². The summed E-state index contributed by atoms with van der Waals surface area (Å²) in [7, 11) is 1.49. The van der Waals surface area contributed by atoms with Gasteiger partial charge in [-0.15, -0.1) is 0 Å². The number of quaternary nitrogens is 1. The average molecular weight is 1280 g/mol. The van der Waals surface area contributed by atoms with Crippen LogP contribution in [-0.2, 0) is 32.7 Å². The third kappa shape index (κ3) is 74.2. The Bertz CT molecular complexity index is 1800. The molecule has 10 heteroatoms. The highest BCUT2D eigenvalue weighted by Gasteiger charge is 2.27. The third-order valence-electron chi connectivity index (χ3n) is 16.9. The molecule has 0 aromatic heterocycles. The van der Waals surface area contributed by atoms with Crippen LogP contribution in [0, 0.1) is 0 Å². The fourth-order valence-electron chi connectivity index (χ4n) is 11.1. The van der Waals surface area contributed by atoms with Crippen molar-refractivity contribution in [2.24, 2.45) is 0 Å². The van der Waals surface area contributed by atoms with Gasteiger partial charge >= 0.3 is 19.8 Å². The highest BCUT2D eigenvalue weighted by Crippen LogP contribution is 2.43. The Morgan fingerprint density at radius 3 is 0.944 bits per heavy atom. The van der Waals surface area contributed by atoms with Gasteiger partial charge in [0.05, 0.1) is 27.7 Å². The van der Waals surface area contributed by atoms with Crippen LogP contribution < -0.4 is 0 Å². The number of phosphoric acid groups is 1. The number of allylic oxidation sites excluding steroid dienone is 14. The van der Waals surface area contributed by atoms with Gasteiger partial charge in [0.15, 0.2) is 6.10 Å². The van der Waals surface area contributed by atoms with E-state index in [1.165, 1.54) is 250 Å². The molecular weight excluding hydrogens is 1130 g/mol. The number of hydrogen-bond acceptors (Lipinski definition) is 7. The molecule has 2 unspecified atom stereocenters. The molecule has 0 fully saturated rings. The SMILES string of the molecule is CC/C=C\C/C=C\C/C=C\C/C=C\C/C=C\C/C=C\C/C=C\CCCCCCCCCCCCCCCCCCCC(=O)OC(COC(=O)CCCCCCCCCCCCCCCCCCCCCCCCCCCCC)COP(=O)(O)OCC[N+](C)(C)C. The highest BCUT2D eigenvalue weighted by atomic mass is 31.2. The van der Waals surface area contributed by atoms with E-state index in [-0.39, 0.29) is 25.6 Å². The first-order valence-corrected chi connectivity index (χ1v) is 39.8.